The molecule has 0 spiro atoms. The molecular formula is C15H20N2O3. The third kappa shape index (κ3) is 3.05. The van der Waals surface area contributed by atoms with E-state index in [0.717, 1.165) is 13.1 Å². The molecule has 5 nitrogen and oxygen atoms in total. The lowest BCUT2D eigenvalue weighted by atomic mass is 9.91. The summed E-state index contributed by atoms with van der Waals surface area (Å²) in [4.78, 5) is 23.8. The third-order valence-corrected chi connectivity index (χ3v) is 3.74. The normalized spacial score (nSPS) is 17.5. The lowest BCUT2D eigenvalue weighted by Crippen LogP contribution is -2.51. The average Bonchev–Trinajstić information content (AvgIpc) is 2.48. The van der Waals surface area contributed by atoms with Crippen molar-refractivity contribution in [3.63, 3.8) is 0 Å². The Hall–Kier alpha value is -1.72. The van der Waals surface area contributed by atoms with Crippen molar-refractivity contribution in [2.75, 3.05) is 25.5 Å². The molecule has 1 amide bonds. The minimum absolute atomic E-state index is 0.0237. The SMILES string of the molecule is COC1(C(=O)Nc2cccc(C(C)=O)c2)CCNCC1. The van der Waals surface area contributed by atoms with Gasteiger partial charge in [0.1, 0.15) is 5.60 Å². The van der Waals surface area contributed by atoms with Gasteiger partial charge >= 0.3 is 0 Å². The van der Waals surface area contributed by atoms with Crippen LogP contribution in [0.2, 0.25) is 0 Å². The maximum absolute atomic E-state index is 12.5. The van der Waals surface area contributed by atoms with Gasteiger partial charge in [0.2, 0.25) is 0 Å². The van der Waals surface area contributed by atoms with E-state index in [1.54, 1.807) is 31.4 Å². The van der Waals surface area contributed by atoms with Gasteiger partial charge in [-0.1, -0.05) is 12.1 Å². The zero-order valence-electron chi connectivity index (χ0n) is 11.9. The first-order valence-corrected chi connectivity index (χ1v) is 6.76. The number of hydrogen-bond acceptors (Lipinski definition) is 4. The van der Waals surface area contributed by atoms with Crippen molar-refractivity contribution in [1.29, 1.82) is 0 Å². The van der Waals surface area contributed by atoms with Crippen LogP contribution in [-0.4, -0.2) is 37.5 Å². The number of methoxy groups -OCH3 is 1. The van der Waals surface area contributed by atoms with Gasteiger partial charge < -0.3 is 15.4 Å². The summed E-state index contributed by atoms with van der Waals surface area (Å²) in [5.41, 5.74) is 0.425. The van der Waals surface area contributed by atoms with E-state index in [4.69, 9.17) is 4.74 Å². The number of amides is 1. The third-order valence-electron chi connectivity index (χ3n) is 3.74. The molecule has 5 heteroatoms. The summed E-state index contributed by atoms with van der Waals surface area (Å²) in [6.07, 6.45) is 1.28. The van der Waals surface area contributed by atoms with Crippen LogP contribution in [0, 0.1) is 0 Å². The van der Waals surface area contributed by atoms with E-state index in [0.29, 0.717) is 24.1 Å². The van der Waals surface area contributed by atoms with Gasteiger partial charge in [0, 0.05) is 18.4 Å². The summed E-state index contributed by atoms with van der Waals surface area (Å²) in [7, 11) is 1.57. The highest BCUT2D eigenvalue weighted by atomic mass is 16.5. The summed E-state index contributed by atoms with van der Waals surface area (Å²) in [6, 6.07) is 6.95. The number of hydrogen-bond donors (Lipinski definition) is 2. The number of rotatable bonds is 4. The summed E-state index contributed by atoms with van der Waals surface area (Å²) in [6.45, 7) is 3.02. The van der Waals surface area contributed by atoms with E-state index >= 15 is 0 Å². The number of anilines is 1. The largest absolute Gasteiger partial charge is 0.368 e. The lowest BCUT2D eigenvalue weighted by molar-refractivity contribution is -0.140. The molecule has 2 rings (SSSR count). The molecule has 0 saturated carbocycles. The quantitative estimate of drug-likeness (QED) is 0.820. The summed E-state index contributed by atoms with van der Waals surface area (Å²) in [5, 5.41) is 6.07. The molecule has 0 aliphatic carbocycles. The highest BCUT2D eigenvalue weighted by Crippen LogP contribution is 2.24. The molecule has 2 N–H and O–H groups in total. The lowest BCUT2D eigenvalue weighted by Gasteiger charge is -2.34. The zero-order chi connectivity index (χ0) is 14.6. The predicted molar refractivity (Wildman–Crippen MR) is 76.9 cm³/mol. The molecule has 1 aliphatic rings. The Balaban J connectivity index is 2.14. The monoisotopic (exact) mass is 276 g/mol. The van der Waals surface area contributed by atoms with Gasteiger partial charge in [0.25, 0.3) is 5.91 Å². The van der Waals surface area contributed by atoms with Crippen molar-refractivity contribution in [3.05, 3.63) is 29.8 Å². The maximum Gasteiger partial charge on any atom is 0.256 e. The number of carbonyl (C=O) groups excluding carboxylic acids is 2. The standard InChI is InChI=1S/C15H20N2O3/c1-11(18)12-4-3-5-13(10-12)17-14(19)15(20-2)6-8-16-9-7-15/h3-5,10,16H,6-9H2,1-2H3,(H,17,19). The van der Waals surface area contributed by atoms with E-state index in [2.05, 4.69) is 10.6 Å². The van der Waals surface area contributed by atoms with Crippen LogP contribution in [0.5, 0.6) is 0 Å². The topological polar surface area (TPSA) is 67.4 Å². The van der Waals surface area contributed by atoms with Crippen molar-refractivity contribution < 1.29 is 14.3 Å². The fraction of sp³-hybridized carbons (Fsp3) is 0.467. The first-order chi connectivity index (χ1) is 9.57. The number of ether oxygens (including phenoxy) is 1. The second-order valence-electron chi connectivity index (χ2n) is 5.04. The number of carbonyl (C=O) groups is 2. The smallest absolute Gasteiger partial charge is 0.256 e. The Kier molecular flexibility index (Phi) is 4.52. The molecule has 0 radical (unpaired) electrons. The average molecular weight is 276 g/mol. The molecule has 1 saturated heterocycles. The van der Waals surface area contributed by atoms with E-state index in [1.807, 2.05) is 0 Å². The Labute approximate surface area is 118 Å². The number of piperidine rings is 1. The van der Waals surface area contributed by atoms with Crippen molar-refractivity contribution in [2.45, 2.75) is 25.4 Å². The Morgan fingerprint density at radius 3 is 2.60 bits per heavy atom. The summed E-state index contributed by atoms with van der Waals surface area (Å²) >= 11 is 0. The van der Waals surface area contributed by atoms with Gasteiger partial charge in [-0.05, 0) is 45.0 Å². The van der Waals surface area contributed by atoms with Crippen LogP contribution in [0.15, 0.2) is 24.3 Å². The van der Waals surface area contributed by atoms with E-state index in [9.17, 15) is 9.59 Å². The van der Waals surface area contributed by atoms with E-state index in [1.165, 1.54) is 6.92 Å². The molecule has 1 aromatic rings. The van der Waals surface area contributed by atoms with Crippen LogP contribution < -0.4 is 10.6 Å². The van der Waals surface area contributed by atoms with Crippen LogP contribution in [0.3, 0.4) is 0 Å². The predicted octanol–water partition coefficient (Wildman–Crippen LogP) is 1.60. The summed E-state index contributed by atoms with van der Waals surface area (Å²) in [5.74, 6) is -0.174. The van der Waals surface area contributed by atoms with Gasteiger partial charge in [0.05, 0.1) is 0 Å². The van der Waals surface area contributed by atoms with Gasteiger partial charge in [-0.25, -0.2) is 0 Å². The van der Waals surface area contributed by atoms with Gasteiger partial charge in [0.15, 0.2) is 5.78 Å². The van der Waals surface area contributed by atoms with Gasteiger partial charge in [-0.15, -0.1) is 0 Å². The highest BCUT2D eigenvalue weighted by Gasteiger charge is 2.39. The maximum atomic E-state index is 12.5. The van der Waals surface area contributed by atoms with Crippen molar-refractivity contribution in [1.82, 2.24) is 5.32 Å². The van der Waals surface area contributed by atoms with Crippen LogP contribution >= 0.6 is 0 Å². The molecule has 0 bridgehead atoms. The van der Waals surface area contributed by atoms with Crippen LogP contribution in [-0.2, 0) is 9.53 Å². The van der Waals surface area contributed by atoms with Crippen molar-refractivity contribution in [2.24, 2.45) is 0 Å². The molecule has 1 heterocycles. The summed E-state index contributed by atoms with van der Waals surface area (Å²) < 4.78 is 5.47. The zero-order valence-corrected chi connectivity index (χ0v) is 11.9. The minimum Gasteiger partial charge on any atom is -0.368 e. The first-order valence-electron chi connectivity index (χ1n) is 6.76. The molecule has 0 unspecified atom stereocenters. The van der Waals surface area contributed by atoms with E-state index < -0.39 is 5.60 Å². The number of ketones is 1. The number of Topliss-reactive ketones (excluding diaryl/α,β-unsaturated/α-hetero) is 1. The van der Waals surface area contributed by atoms with Crippen molar-refractivity contribution >= 4 is 17.4 Å². The first kappa shape index (κ1) is 14.7. The molecule has 0 aromatic heterocycles. The van der Waals surface area contributed by atoms with Gasteiger partial charge in [-0.2, -0.15) is 0 Å². The highest BCUT2D eigenvalue weighted by molar-refractivity contribution is 5.99. The molecule has 1 aliphatic heterocycles. The van der Waals surface area contributed by atoms with Crippen molar-refractivity contribution in [3.8, 4) is 0 Å². The Morgan fingerprint density at radius 1 is 1.30 bits per heavy atom. The second kappa shape index (κ2) is 6.15. The Morgan fingerprint density at radius 2 is 2.00 bits per heavy atom. The molecule has 0 atom stereocenters. The molecule has 1 aromatic carbocycles. The number of benzene rings is 1. The fourth-order valence-electron chi connectivity index (χ4n) is 2.42. The van der Waals surface area contributed by atoms with Crippen LogP contribution in [0.1, 0.15) is 30.1 Å². The van der Waals surface area contributed by atoms with Crippen LogP contribution in [0.25, 0.3) is 0 Å². The fourth-order valence-corrected chi connectivity index (χ4v) is 2.42. The second-order valence-corrected chi connectivity index (χ2v) is 5.04. The molecule has 20 heavy (non-hydrogen) atoms. The number of nitrogens with one attached hydrogen (secondary N) is 2. The minimum atomic E-state index is -0.780. The van der Waals surface area contributed by atoms with Gasteiger partial charge in [-0.3, -0.25) is 9.59 Å². The molecule has 108 valence electrons. The van der Waals surface area contributed by atoms with Crippen LogP contribution in [0.4, 0.5) is 5.69 Å². The Bertz CT molecular complexity index is 508. The van der Waals surface area contributed by atoms with E-state index in [-0.39, 0.29) is 11.7 Å². The molecule has 1 fully saturated rings. The molecular weight excluding hydrogens is 256 g/mol.